The minimum Gasteiger partial charge on any atom is -0.425 e. The molecule has 2 aromatic heterocycles. The zero-order valence-electron chi connectivity index (χ0n) is 17.4. The normalized spacial score (nSPS) is 11.3. The summed E-state index contributed by atoms with van der Waals surface area (Å²) >= 11 is 6.22. The molecular weight excluding hydrogens is 423 g/mol. The zero-order chi connectivity index (χ0) is 22.4. The Bertz CT molecular complexity index is 1430. The number of hydrogen-bond acceptors (Lipinski definition) is 4. The van der Waals surface area contributed by atoms with Crippen LogP contribution in [0.3, 0.4) is 0 Å². The van der Waals surface area contributed by atoms with Gasteiger partial charge in [0, 0.05) is 24.7 Å². The van der Waals surface area contributed by atoms with Crippen molar-refractivity contribution in [1.29, 1.82) is 0 Å². The van der Waals surface area contributed by atoms with Crippen molar-refractivity contribution in [3.8, 4) is 11.8 Å². The second-order valence-electron chi connectivity index (χ2n) is 7.41. The van der Waals surface area contributed by atoms with Crippen molar-refractivity contribution in [2.24, 2.45) is 14.1 Å². The smallest absolute Gasteiger partial charge is 0.332 e. The summed E-state index contributed by atoms with van der Waals surface area (Å²) in [5, 5.41) is 0.209. The molecule has 0 atom stereocenters. The van der Waals surface area contributed by atoms with Gasteiger partial charge in [0.1, 0.15) is 11.6 Å². The number of nitrogens with zero attached hydrogens (tertiary/aromatic N) is 4. The van der Waals surface area contributed by atoms with E-state index in [1.165, 1.54) is 35.4 Å². The monoisotopic (exact) mass is 442 g/mol. The van der Waals surface area contributed by atoms with Crippen molar-refractivity contribution < 1.29 is 9.13 Å². The number of rotatable bonds is 4. The number of ether oxygens (including phenoxy) is 1. The lowest BCUT2D eigenvalue weighted by Gasteiger charge is -2.12. The SMILES string of the molecule is Cc1ccc(Oc2nc3c(c(=O)n(C)c(=O)n3C)n2Cc2c(F)cccc2Cl)cc1C. The first-order valence-electron chi connectivity index (χ1n) is 9.53. The third-order valence-electron chi connectivity index (χ3n) is 5.38. The van der Waals surface area contributed by atoms with E-state index in [2.05, 4.69) is 4.98 Å². The van der Waals surface area contributed by atoms with Crippen LogP contribution >= 0.6 is 11.6 Å². The number of hydrogen-bond donors (Lipinski definition) is 0. The van der Waals surface area contributed by atoms with E-state index in [-0.39, 0.29) is 34.3 Å². The molecule has 0 aliphatic heterocycles. The molecule has 9 heteroatoms. The zero-order valence-corrected chi connectivity index (χ0v) is 18.2. The lowest BCUT2D eigenvalue weighted by molar-refractivity contribution is 0.419. The van der Waals surface area contributed by atoms with Gasteiger partial charge in [0.2, 0.25) is 0 Å². The van der Waals surface area contributed by atoms with Gasteiger partial charge in [-0.1, -0.05) is 23.7 Å². The molecule has 0 saturated heterocycles. The first-order valence-corrected chi connectivity index (χ1v) is 9.91. The number of benzene rings is 2. The van der Waals surface area contributed by atoms with Gasteiger partial charge in [-0.2, -0.15) is 4.98 Å². The van der Waals surface area contributed by atoms with Gasteiger partial charge in [0.15, 0.2) is 11.2 Å². The van der Waals surface area contributed by atoms with Crippen LogP contribution in [0.25, 0.3) is 11.2 Å². The first kappa shape index (κ1) is 20.9. The lowest BCUT2D eigenvalue weighted by atomic mass is 10.1. The highest BCUT2D eigenvalue weighted by Crippen LogP contribution is 2.28. The average Bonchev–Trinajstić information content (AvgIpc) is 3.08. The minimum absolute atomic E-state index is 0.0517. The van der Waals surface area contributed by atoms with Gasteiger partial charge in [-0.3, -0.25) is 18.5 Å². The Labute approximate surface area is 181 Å². The third kappa shape index (κ3) is 3.53. The molecule has 0 amide bonds. The van der Waals surface area contributed by atoms with Crippen LogP contribution in [0.2, 0.25) is 5.02 Å². The summed E-state index contributed by atoms with van der Waals surface area (Å²) in [5.41, 5.74) is 1.46. The van der Waals surface area contributed by atoms with Crippen LogP contribution in [0.15, 0.2) is 46.0 Å². The molecule has 4 aromatic rings. The topological polar surface area (TPSA) is 71.1 Å². The summed E-state index contributed by atoms with van der Waals surface area (Å²) in [6.07, 6.45) is 0. The summed E-state index contributed by atoms with van der Waals surface area (Å²) in [7, 11) is 2.89. The molecule has 2 aromatic carbocycles. The van der Waals surface area contributed by atoms with Crippen LogP contribution in [0.5, 0.6) is 11.8 Å². The number of halogens is 2. The maximum atomic E-state index is 14.5. The summed E-state index contributed by atoms with van der Waals surface area (Å²) in [6, 6.07) is 9.93. The Morgan fingerprint density at radius 1 is 1.06 bits per heavy atom. The predicted octanol–water partition coefficient (Wildman–Crippen LogP) is 3.68. The van der Waals surface area contributed by atoms with Crippen LogP contribution in [0.4, 0.5) is 4.39 Å². The molecule has 0 N–H and O–H groups in total. The number of aryl methyl sites for hydroxylation is 3. The van der Waals surface area contributed by atoms with Gasteiger partial charge in [-0.05, 0) is 49.2 Å². The van der Waals surface area contributed by atoms with E-state index < -0.39 is 17.1 Å². The predicted molar refractivity (Wildman–Crippen MR) is 117 cm³/mol. The van der Waals surface area contributed by atoms with Crippen molar-refractivity contribution >= 4 is 22.8 Å². The molecule has 4 rings (SSSR count). The molecule has 7 nitrogen and oxygen atoms in total. The Kier molecular flexibility index (Phi) is 5.18. The fourth-order valence-corrected chi connectivity index (χ4v) is 3.60. The van der Waals surface area contributed by atoms with Gasteiger partial charge in [0.05, 0.1) is 6.54 Å². The molecule has 0 unspecified atom stereocenters. The maximum Gasteiger partial charge on any atom is 0.332 e. The molecule has 160 valence electrons. The van der Waals surface area contributed by atoms with Crippen LogP contribution < -0.4 is 16.0 Å². The molecule has 0 saturated carbocycles. The van der Waals surface area contributed by atoms with E-state index in [9.17, 15) is 14.0 Å². The van der Waals surface area contributed by atoms with Crippen molar-refractivity contribution in [3.63, 3.8) is 0 Å². The molecule has 0 radical (unpaired) electrons. The number of aromatic nitrogens is 4. The van der Waals surface area contributed by atoms with E-state index in [0.29, 0.717) is 5.75 Å². The Hall–Kier alpha value is -3.39. The fraction of sp³-hybridized carbons (Fsp3) is 0.227. The quantitative estimate of drug-likeness (QED) is 0.483. The Balaban J connectivity index is 1.98. The summed E-state index contributed by atoms with van der Waals surface area (Å²) < 4.78 is 24.2. The van der Waals surface area contributed by atoms with Crippen molar-refractivity contribution in [1.82, 2.24) is 18.7 Å². The van der Waals surface area contributed by atoms with E-state index in [0.717, 1.165) is 15.7 Å². The summed E-state index contributed by atoms with van der Waals surface area (Å²) in [5.74, 6) is -0.0192. The highest BCUT2D eigenvalue weighted by molar-refractivity contribution is 6.31. The third-order valence-corrected chi connectivity index (χ3v) is 5.73. The number of fused-ring (bicyclic) bond motifs is 1. The van der Waals surface area contributed by atoms with Crippen LogP contribution in [-0.4, -0.2) is 18.7 Å². The second kappa shape index (κ2) is 7.70. The first-order chi connectivity index (χ1) is 14.7. The van der Waals surface area contributed by atoms with Crippen molar-refractivity contribution in [2.75, 3.05) is 0 Å². The van der Waals surface area contributed by atoms with Crippen LogP contribution in [0, 0.1) is 19.7 Å². The highest BCUT2D eigenvalue weighted by atomic mass is 35.5. The summed E-state index contributed by atoms with van der Waals surface area (Å²) in [6.45, 7) is 3.83. The average molecular weight is 443 g/mol. The highest BCUT2D eigenvalue weighted by Gasteiger charge is 2.22. The largest absolute Gasteiger partial charge is 0.425 e. The summed E-state index contributed by atoms with van der Waals surface area (Å²) in [4.78, 5) is 29.7. The Morgan fingerprint density at radius 2 is 1.81 bits per heavy atom. The van der Waals surface area contributed by atoms with Gasteiger partial charge in [-0.25, -0.2) is 9.18 Å². The fourth-order valence-electron chi connectivity index (χ4n) is 3.38. The lowest BCUT2D eigenvalue weighted by Crippen LogP contribution is -2.37. The minimum atomic E-state index is -0.562. The standard InChI is InChI=1S/C22H20ClFN4O3/c1-12-8-9-14(10-13(12)2)31-21-25-19-18(20(29)27(4)22(30)26(19)3)28(21)11-15-16(23)6-5-7-17(15)24/h5-10H,11H2,1-4H3. The maximum absolute atomic E-state index is 14.5. The van der Waals surface area contributed by atoms with Gasteiger partial charge in [0.25, 0.3) is 5.56 Å². The molecule has 31 heavy (non-hydrogen) atoms. The molecule has 0 spiro atoms. The molecule has 2 heterocycles. The van der Waals surface area contributed by atoms with Gasteiger partial charge >= 0.3 is 11.7 Å². The van der Waals surface area contributed by atoms with Crippen LogP contribution in [-0.2, 0) is 20.6 Å². The van der Waals surface area contributed by atoms with Gasteiger partial charge in [-0.15, -0.1) is 0 Å². The van der Waals surface area contributed by atoms with Crippen molar-refractivity contribution in [2.45, 2.75) is 20.4 Å². The van der Waals surface area contributed by atoms with Crippen LogP contribution in [0.1, 0.15) is 16.7 Å². The van der Waals surface area contributed by atoms with Gasteiger partial charge < -0.3 is 4.74 Å². The van der Waals surface area contributed by atoms with E-state index >= 15 is 0 Å². The molecular formula is C22H20ClFN4O3. The molecule has 0 aliphatic carbocycles. The van der Waals surface area contributed by atoms with E-state index in [4.69, 9.17) is 16.3 Å². The second-order valence-corrected chi connectivity index (χ2v) is 7.81. The number of imidazole rings is 1. The molecule has 0 fully saturated rings. The van der Waals surface area contributed by atoms with E-state index in [1.54, 1.807) is 12.1 Å². The Morgan fingerprint density at radius 3 is 2.48 bits per heavy atom. The van der Waals surface area contributed by atoms with E-state index in [1.807, 2.05) is 26.0 Å². The molecule has 0 aliphatic rings. The van der Waals surface area contributed by atoms with Crippen molar-refractivity contribution in [3.05, 3.63) is 84.8 Å². The molecule has 0 bridgehead atoms.